The van der Waals surface area contributed by atoms with Gasteiger partial charge in [0.05, 0.1) is 29.6 Å². The summed E-state index contributed by atoms with van der Waals surface area (Å²) >= 11 is 0. The van der Waals surface area contributed by atoms with E-state index < -0.39 is 5.97 Å². The summed E-state index contributed by atoms with van der Waals surface area (Å²) in [5, 5.41) is 10.0. The molecule has 1 aliphatic carbocycles. The van der Waals surface area contributed by atoms with Gasteiger partial charge < -0.3 is 14.7 Å². The minimum Gasteiger partial charge on any atom is -0.423 e. The number of allylic oxidation sites excluding steroid dienone is 2. The molecule has 6 rings (SSSR count). The second-order valence-electron chi connectivity index (χ2n) is 11.1. The van der Waals surface area contributed by atoms with Crippen molar-refractivity contribution in [2.75, 3.05) is 19.6 Å². The van der Waals surface area contributed by atoms with E-state index in [0.29, 0.717) is 29.0 Å². The molecule has 2 aromatic carbocycles. The zero-order valence-corrected chi connectivity index (χ0v) is 22.2. The van der Waals surface area contributed by atoms with Gasteiger partial charge in [0, 0.05) is 19.0 Å². The summed E-state index contributed by atoms with van der Waals surface area (Å²) in [6.45, 7) is 2.97. The highest BCUT2D eigenvalue weighted by Gasteiger charge is 2.46. The van der Waals surface area contributed by atoms with Crippen LogP contribution in [0.15, 0.2) is 88.4 Å². The minimum atomic E-state index is -0.405. The molecule has 0 amide bonds. The number of hydrogen-bond acceptors (Lipinski definition) is 7. The van der Waals surface area contributed by atoms with Crippen LogP contribution in [0.25, 0.3) is 0 Å². The third-order valence-electron chi connectivity index (χ3n) is 8.37. The van der Waals surface area contributed by atoms with Gasteiger partial charge in [0.1, 0.15) is 17.6 Å². The van der Waals surface area contributed by atoms with Crippen LogP contribution in [0.2, 0.25) is 0 Å². The Morgan fingerprint density at radius 2 is 1.90 bits per heavy atom. The topological polar surface area (TPSA) is 101 Å². The number of benzene rings is 2. The van der Waals surface area contributed by atoms with Crippen molar-refractivity contribution in [1.29, 1.82) is 0 Å². The fraction of sp³-hybridized carbons (Fsp3) is 0.387. The van der Waals surface area contributed by atoms with Crippen LogP contribution >= 0.6 is 0 Å². The number of likely N-dealkylation sites (tertiary alicyclic amines) is 1. The monoisotopic (exact) mass is 526 g/mol. The lowest BCUT2D eigenvalue weighted by molar-refractivity contribution is -0.750. The van der Waals surface area contributed by atoms with E-state index in [1.54, 1.807) is 24.4 Å². The summed E-state index contributed by atoms with van der Waals surface area (Å²) in [4.78, 5) is 24.6. The molecule has 0 radical (unpaired) electrons. The molecule has 2 unspecified atom stereocenters. The molecule has 202 valence electrons. The average Bonchev–Trinajstić information content (AvgIpc) is 3.27. The number of ether oxygens (including phenoxy) is 1. The van der Waals surface area contributed by atoms with E-state index in [0.717, 1.165) is 75.1 Å². The number of nitrogens with zero attached hydrogens (tertiary/aromatic N) is 4. The molecule has 0 bridgehead atoms. The second-order valence-corrected chi connectivity index (χ2v) is 11.1. The van der Waals surface area contributed by atoms with Crippen LogP contribution in [-0.2, 0) is 0 Å². The molecule has 1 saturated heterocycles. The van der Waals surface area contributed by atoms with E-state index in [-0.39, 0.29) is 10.7 Å². The van der Waals surface area contributed by atoms with Crippen molar-refractivity contribution < 1.29 is 19.2 Å². The van der Waals surface area contributed by atoms with E-state index in [4.69, 9.17) is 15.6 Å². The van der Waals surface area contributed by atoms with Crippen LogP contribution in [0.4, 0.5) is 0 Å². The predicted octanol–water partition coefficient (Wildman–Crippen LogP) is 4.39. The molecule has 4 aliphatic rings. The first kappa shape index (κ1) is 25.8. The van der Waals surface area contributed by atoms with Crippen molar-refractivity contribution in [3.8, 4) is 5.75 Å². The summed E-state index contributed by atoms with van der Waals surface area (Å²) in [6, 6.07) is 16.4. The van der Waals surface area contributed by atoms with Gasteiger partial charge in [0.25, 0.3) is 5.84 Å². The lowest BCUT2D eigenvalue weighted by Crippen LogP contribution is -2.53. The maximum absolute atomic E-state index is 12.6. The van der Waals surface area contributed by atoms with Gasteiger partial charge in [-0.15, -0.1) is 4.59 Å². The number of quaternary nitrogens is 1. The highest BCUT2D eigenvalue weighted by molar-refractivity contribution is 6.01. The Morgan fingerprint density at radius 1 is 1.08 bits per heavy atom. The number of esters is 1. The number of amidine groups is 1. The molecule has 1 saturated carbocycles. The Balaban J connectivity index is 1.19. The normalized spacial score (nSPS) is 28.8. The Hall–Kier alpha value is -3.43. The number of fused-ring (bicyclic) bond motifs is 1. The fourth-order valence-corrected chi connectivity index (χ4v) is 6.33. The molecule has 3 N–H and O–H groups in total. The lowest BCUT2D eigenvalue weighted by Gasteiger charge is -2.35. The Bertz CT molecular complexity index is 1340. The number of carbonyl (C=O) groups is 1. The number of carbonyl (C=O) groups excluding carboxylic acids is 1. The summed E-state index contributed by atoms with van der Waals surface area (Å²) in [5.74, 6) is 8.69. The Morgan fingerprint density at radius 3 is 2.69 bits per heavy atom. The molecule has 8 nitrogen and oxygen atoms in total. The lowest BCUT2D eigenvalue weighted by atomic mass is 9.79. The minimum absolute atomic E-state index is 0.0412. The van der Waals surface area contributed by atoms with Crippen LogP contribution in [0.1, 0.15) is 54.4 Å². The largest absolute Gasteiger partial charge is 0.423 e. The number of aliphatic imine (C=N–C) groups is 2. The van der Waals surface area contributed by atoms with Crippen LogP contribution in [0.3, 0.4) is 0 Å². The van der Waals surface area contributed by atoms with E-state index in [2.05, 4.69) is 9.89 Å². The molecule has 2 aromatic rings. The third-order valence-corrected chi connectivity index (χ3v) is 8.37. The first-order chi connectivity index (χ1) is 19.0. The van der Waals surface area contributed by atoms with Gasteiger partial charge in [-0.1, -0.05) is 24.3 Å². The van der Waals surface area contributed by atoms with Gasteiger partial charge in [-0.3, -0.25) is 4.99 Å². The van der Waals surface area contributed by atoms with Crippen LogP contribution in [-0.4, -0.2) is 58.4 Å². The van der Waals surface area contributed by atoms with Crippen LogP contribution < -0.4 is 10.6 Å². The molecular weight excluding hydrogens is 490 g/mol. The van der Waals surface area contributed by atoms with Crippen molar-refractivity contribution in [3.05, 3.63) is 89.5 Å². The van der Waals surface area contributed by atoms with Crippen molar-refractivity contribution in [1.82, 2.24) is 4.90 Å². The molecule has 3 aliphatic heterocycles. The molecule has 0 aromatic heterocycles. The molecular formula is C31H36N5O3+. The standard InChI is InChI=1S/C31H36N5O3/c32-36-17-15-33-19-28(36)29(23-13-11-22(12-14-23)20-35-16-5-9-26(37)21-35)34-30(36)25-8-4-10-27(18-25)39-31(38)24-6-2-1-3-7-24/h1-4,6-8,10,15,17-19,22-23,26,37H,5,9,11-14,16,20-21,32H2/q+1. The summed E-state index contributed by atoms with van der Waals surface area (Å²) in [6.07, 6.45) is 11.6. The smallest absolute Gasteiger partial charge is 0.343 e. The molecule has 2 fully saturated rings. The van der Waals surface area contributed by atoms with Gasteiger partial charge in [-0.2, -0.15) is 10.8 Å². The van der Waals surface area contributed by atoms with E-state index in [9.17, 15) is 9.90 Å². The van der Waals surface area contributed by atoms with Crippen molar-refractivity contribution >= 4 is 18.0 Å². The molecule has 3 heterocycles. The molecule has 39 heavy (non-hydrogen) atoms. The van der Waals surface area contributed by atoms with Crippen LogP contribution in [0.5, 0.6) is 5.75 Å². The third kappa shape index (κ3) is 5.38. The summed E-state index contributed by atoms with van der Waals surface area (Å²) < 4.78 is 5.63. The number of hydrogen-bond donors (Lipinski definition) is 2. The van der Waals surface area contributed by atoms with Gasteiger partial charge >= 0.3 is 5.97 Å². The number of nitrogens with two attached hydrogens (primary N) is 1. The van der Waals surface area contributed by atoms with Crippen molar-refractivity contribution in [3.63, 3.8) is 0 Å². The maximum Gasteiger partial charge on any atom is 0.343 e. The average molecular weight is 527 g/mol. The van der Waals surface area contributed by atoms with Crippen LogP contribution in [0, 0.1) is 11.8 Å². The number of aliphatic hydroxyl groups is 1. The number of piperidine rings is 1. The maximum atomic E-state index is 12.6. The Kier molecular flexibility index (Phi) is 7.27. The Labute approximate surface area is 229 Å². The quantitative estimate of drug-likeness (QED) is 0.252. The highest BCUT2D eigenvalue weighted by Crippen LogP contribution is 2.41. The van der Waals surface area contributed by atoms with Crippen molar-refractivity contribution in [2.24, 2.45) is 27.7 Å². The highest BCUT2D eigenvalue weighted by atomic mass is 16.5. The summed E-state index contributed by atoms with van der Waals surface area (Å²) in [5.41, 5.74) is 3.22. The van der Waals surface area contributed by atoms with Crippen molar-refractivity contribution in [2.45, 2.75) is 44.6 Å². The predicted molar refractivity (Wildman–Crippen MR) is 151 cm³/mol. The number of rotatable bonds is 6. The first-order valence-corrected chi connectivity index (χ1v) is 14.0. The fourth-order valence-electron chi connectivity index (χ4n) is 6.33. The molecule has 2 atom stereocenters. The molecule has 0 spiro atoms. The van der Waals surface area contributed by atoms with E-state index in [1.165, 1.54) is 0 Å². The zero-order chi connectivity index (χ0) is 26.8. The zero-order valence-electron chi connectivity index (χ0n) is 22.2. The second kappa shape index (κ2) is 11.0. The van der Waals surface area contributed by atoms with E-state index >= 15 is 0 Å². The van der Waals surface area contributed by atoms with E-state index in [1.807, 2.05) is 48.8 Å². The van der Waals surface area contributed by atoms with Gasteiger partial charge in [-0.05, 0) is 81.3 Å². The first-order valence-electron chi connectivity index (χ1n) is 14.0. The number of aliphatic hydroxyl groups excluding tert-OH is 1. The van der Waals surface area contributed by atoms with Gasteiger partial charge in [-0.25, -0.2) is 4.79 Å². The SMILES string of the molecule is N[N+]12C=CN=CC1=C(C1CCC(CN3CCCC(O)C3)CC1)N=C2c1cccc(OC(=O)c2ccccc2)c1. The summed E-state index contributed by atoms with van der Waals surface area (Å²) in [7, 11) is 0. The van der Waals surface area contributed by atoms with Gasteiger partial charge in [0.15, 0.2) is 0 Å². The number of β-amino-alcohol motifs (C(OH)–C–C–N with tert-alkyl or cyclic N) is 1. The molecule has 8 heteroatoms. The van der Waals surface area contributed by atoms with Gasteiger partial charge in [0.2, 0.25) is 5.70 Å².